The average molecular weight is 291 g/mol. The van der Waals surface area contributed by atoms with Crippen molar-refractivity contribution in [2.75, 3.05) is 0 Å². The van der Waals surface area contributed by atoms with Gasteiger partial charge in [-0.1, -0.05) is 18.2 Å². The van der Waals surface area contributed by atoms with Crippen molar-refractivity contribution in [2.24, 2.45) is 0 Å². The van der Waals surface area contributed by atoms with Crippen LogP contribution in [0.25, 0.3) is 11.0 Å². The zero-order chi connectivity index (χ0) is 14.1. The SMILES string of the molecule is O=c1[nH]c2ccc(C(Cl)Cc3ccc(F)cc3)cc2[nH]1. The summed E-state index contributed by atoms with van der Waals surface area (Å²) in [7, 11) is 0. The number of hydrogen-bond donors (Lipinski definition) is 2. The largest absolute Gasteiger partial charge is 0.323 e. The Kier molecular flexibility index (Phi) is 3.32. The first-order valence-electron chi connectivity index (χ1n) is 6.22. The second-order valence-corrected chi connectivity index (χ2v) is 5.21. The van der Waals surface area contributed by atoms with E-state index in [1.165, 1.54) is 12.1 Å². The first-order chi connectivity index (χ1) is 9.61. The molecule has 2 aromatic carbocycles. The number of benzene rings is 2. The number of alkyl halides is 1. The highest BCUT2D eigenvalue weighted by Gasteiger charge is 2.10. The van der Waals surface area contributed by atoms with Crippen molar-refractivity contribution in [3.8, 4) is 0 Å². The van der Waals surface area contributed by atoms with E-state index in [-0.39, 0.29) is 16.9 Å². The molecule has 3 rings (SSSR count). The van der Waals surface area contributed by atoms with Crippen molar-refractivity contribution >= 4 is 22.6 Å². The lowest BCUT2D eigenvalue weighted by Crippen LogP contribution is -1.99. The molecule has 3 aromatic rings. The van der Waals surface area contributed by atoms with Crippen LogP contribution < -0.4 is 5.69 Å². The van der Waals surface area contributed by atoms with Crippen molar-refractivity contribution in [3.63, 3.8) is 0 Å². The average Bonchev–Trinajstić information content (AvgIpc) is 2.80. The Morgan fingerprint density at radius 3 is 2.50 bits per heavy atom. The van der Waals surface area contributed by atoms with Crippen LogP contribution in [0.2, 0.25) is 0 Å². The molecule has 1 unspecified atom stereocenters. The van der Waals surface area contributed by atoms with Gasteiger partial charge in [-0.3, -0.25) is 0 Å². The first-order valence-corrected chi connectivity index (χ1v) is 6.66. The summed E-state index contributed by atoms with van der Waals surface area (Å²) < 4.78 is 12.9. The number of nitrogens with one attached hydrogen (secondary N) is 2. The molecule has 5 heteroatoms. The first kappa shape index (κ1) is 12.9. The van der Waals surface area contributed by atoms with Gasteiger partial charge in [0.15, 0.2) is 0 Å². The van der Waals surface area contributed by atoms with Crippen LogP contribution in [0.3, 0.4) is 0 Å². The van der Waals surface area contributed by atoms with Gasteiger partial charge < -0.3 is 9.97 Å². The molecular weight excluding hydrogens is 279 g/mol. The maximum Gasteiger partial charge on any atom is 0.323 e. The van der Waals surface area contributed by atoms with Gasteiger partial charge >= 0.3 is 5.69 Å². The van der Waals surface area contributed by atoms with E-state index in [1.807, 2.05) is 18.2 Å². The molecule has 0 saturated heterocycles. The molecule has 0 aliphatic rings. The zero-order valence-corrected chi connectivity index (χ0v) is 11.2. The fraction of sp³-hybridized carbons (Fsp3) is 0.133. The number of imidazole rings is 1. The molecule has 3 nitrogen and oxygen atoms in total. The smallest absolute Gasteiger partial charge is 0.306 e. The summed E-state index contributed by atoms with van der Waals surface area (Å²) in [5.74, 6) is -0.258. The quantitative estimate of drug-likeness (QED) is 0.713. The monoisotopic (exact) mass is 290 g/mol. The van der Waals surface area contributed by atoms with Gasteiger partial charge in [0.1, 0.15) is 5.82 Å². The summed E-state index contributed by atoms with van der Waals surface area (Å²) in [5.41, 5.74) is 3.14. The standard InChI is InChI=1S/C15H12ClFN2O/c16-12(7-9-1-4-11(17)5-2-9)10-3-6-13-14(8-10)19-15(20)18-13/h1-6,8,12H,7H2,(H2,18,19,20). The summed E-state index contributed by atoms with van der Waals surface area (Å²) in [6, 6.07) is 11.9. The molecule has 1 aromatic heterocycles. The Balaban J connectivity index is 1.85. The van der Waals surface area contributed by atoms with E-state index in [0.29, 0.717) is 6.42 Å². The normalized spacial score (nSPS) is 12.7. The molecule has 0 fully saturated rings. The third kappa shape index (κ3) is 2.60. The van der Waals surface area contributed by atoms with Gasteiger partial charge in [0.2, 0.25) is 0 Å². The molecule has 1 heterocycles. The van der Waals surface area contributed by atoms with Gasteiger partial charge in [-0.2, -0.15) is 0 Å². The van der Waals surface area contributed by atoms with Crippen molar-refractivity contribution in [3.05, 3.63) is 69.9 Å². The van der Waals surface area contributed by atoms with Crippen LogP contribution in [-0.2, 0) is 6.42 Å². The Hall–Kier alpha value is -2.07. The summed E-state index contributed by atoms with van der Waals surface area (Å²) in [4.78, 5) is 16.6. The summed E-state index contributed by atoms with van der Waals surface area (Å²) >= 11 is 6.39. The molecule has 1 atom stereocenters. The third-order valence-electron chi connectivity index (χ3n) is 3.23. The maximum atomic E-state index is 12.9. The molecule has 0 spiro atoms. The minimum absolute atomic E-state index is 0.233. The van der Waals surface area contributed by atoms with Crippen LogP contribution in [0.1, 0.15) is 16.5 Å². The number of halogens is 2. The molecule has 0 radical (unpaired) electrons. The number of fused-ring (bicyclic) bond motifs is 1. The Morgan fingerprint density at radius 1 is 1.05 bits per heavy atom. The van der Waals surface area contributed by atoms with Gasteiger partial charge in [0, 0.05) is 0 Å². The van der Waals surface area contributed by atoms with Crippen LogP contribution in [0, 0.1) is 5.82 Å². The number of aromatic nitrogens is 2. The fourth-order valence-corrected chi connectivity index (χ4v) is 2.50. The zero-order valence-electron chi connectivity index (χ0n) is 10.5. The van der Waals surface area contributed by atoms with E-state index in [9.17, 15) is 9.18 Å². The van der Waals surface area contributed by atoms with Crippen LogP contribution >= 0.6 is 11.6 Å². The lowest BCUT2D eigenvalue weighted by molar-refractivity contribution is 0.627. The van der Waals surface area contributed by atoms with E-state index in [4.69, 9.17) is 11.6 Å². The van der Waals surface area contributed by atoms with Gasteiger partial charge in [0.25, 0.3) is 0 Å². The van der Waals surface area contributed by atoms with Gasteiger partial charge in [-0.15, -0.1) is 11.6 Å². The Morgan fingerprint density at radius 2 is 1.75 bits per heavy atom. The van der Waals surface area contributed by atoms with E-state index >= 15 is 0 Å². The van der Waals surface area contributed by atoms with Crippen molar-refractivity contribution in [2.45, 2.75) is 11.8 Å². The van der Waals surface area contributed by atoms with E-state index in [2.05, 4.69) is 9.97 Å². The van der Waals surface area contributed by atoms with E-state index in [0.717, 1.165) is 22.2 Å². The summed E-state index contributed by atoms with van der Waals surface area (Å²) in [5, 5.41) is -0.233. The minimum atomic E-state index is -0.258. The van der Waals surface area contributed by atoms with E-state index < -0.39 is 0 Å². The molecule has 2 N–H and O–H groups in total. The number of H-pyrrole nitrogens is 2. The number of rotatable bonds is 3. The predicted octanol–water partition coefficient (Wildman–Crippen LogP) is 3.52. The van der Waals surface area contributed by atoms with Gasteiger partial charge in [0.05, 0.1) is 16.4 Å². The number of aromatic amines is 2. The number of hydrogen-bond acceptors (Lipinski definition) is 1. The van der Waals surface area contributed by atoms with Gasteiger partial charge in [-0.05, 0) is 41.8 Å². The molecule has 0 saturated carbocycles. The molecule has 0 aliphatic carbocycles. The topological polar surface area (TPSA) is 48.6 Å². The molecule has 0 aliphatic heterocycles. The molecule has 0 amide bonds. The molecule has 0 bridgehead atoms. The lowest BCUT2D eigenvalue weighted by atomic mass is 10.0. The molecular formula is C15H12ClFN2O. The second kappa shape index (κ2) is 5.13. The molecule has 102 valence electrons. The summed E-state index contributed by atoms with van der Waals surface area (Å²) in [6.07, 6.45) is 0.599. The highest BCUT2D eigenvalue weighted by atomic mass is 35.5. The highest BCUT2D eigenvalue weighted by Crippen LogP contribution is 2.26. The van der Waals surface area contributed by atoms with Crippen molar-refractivity contribution < 1.29 is 4.39 Å². The van der Waals surface area contributed by atoms with Gasteiger partial charge in [-0.25, -0.2) is 9.18 Å². The predicted molar refractivity (Wildman–Crippen MR) is 77.6 cm³/mol. The summed E-state index contributed by atoms with van der Waals surface area (Å²) in [6.45, 7) is 0. The second-order valence-electron chi connectivity index (χ2n) is 4.68. The third-order valence-corrected chi connectivity index (χ3v) is 3.64. The van der Waals surface area contributed by atoms with Crippen LogP contribution in [0.4, 0.5) is 4.39 Å². The highest BCUT2D eigenvalue weighted by molar-refractivity contribution is 6.21. The van der Waals surface area contributed by atoms with Crippen molar-refractivity contribution in [1.82, 2.24) is 9.97 Å². The van der Waals surface area contributed by atoms with Crippen LogP contribution in [-0.4, -0.2) is 9.97 Å². The Bertz CT molecular complexity index is 791. The van der Waals surface area contributed by atoms with E-state index in [1.54, 1.807) is 12.1 Å². The molecule has 20 heavy (non-hydrogen) atoms. The van der Waals surface area contributed by atoms with Crippen LogP contribution in [0.5, 0.6) is 0 Å². The van der Waals surface area contributed by atoms with Crippen molar-refractivity contribution in [1.29, 1.82) is 0 Å². The lowest BCUT2D eigenvalue weighted by Gasteiger charge is -2.10. The van der Waals surface area contributed by atoms with Crippen LogP contribution in [0.15, 0.2) is 47.3 Å². The maximum absolute atomic E-state index is 12.9. The fourth-order valence-electron chi connectivity index (χ4n) is 2.19. The minimum Gasteiger partial charge on any atom is -0.306 e. The Labute approximate surface area is 119 Å².